The third kappa shape index (κ3) is 13.6. The maximum Gasteiger partial charge on any atom is 0.407 e. The van der Waals surface area contributed by atoms with Gasteiger partial charge < -0.3 is 61.0 Å². The van der Waals surface area contributed by atoms with Gasteiger partial charge in [0.2, 0.25) is 5.91 Å². The van der Waals surface area contributed by atoms with Crippen molar-refractivity contribution >= 4 is 53.1 Å². The number of piperidine rings is 2. The molecule has 23 heteroatoms. The van der Waals surface area contributed by atoms with Crippen molar-refractivity contribution < 1.29 is 43.3 Å². The topological polar surface area (TPSA) is 278 Å². The molecule has 0 radical (unpaired) electrons. The van der Waals surface area contributed by atoms with Crippen LogP contribution in [0.3, 0.4) is 0 Å². The van der Waals surface area contributed by atoms with Gasteiger partial charge in [-0.25, -0.2) is 38.2 Å². The zero-order valence-electron chi connectivity index (χ0n) is 44.0. The first-order chi connectivity index (χ1) is 35.4. The lowest BCUT2D eigenvalue weighted by molar-refractivity contribution is -0.140. The molecule has 4 amide bonds. The van der Waals surface area contributed by atoms with E-state index in [9.17, 15) is 24.0 Å². The first-order valence-corrected chi connectivity index (χ1v) is 26.3. The van der Waals surface area contributed by atoms with Crippen molar-refractivity contribution in [2.75, 3.05) is 63.3 Å². The Morgan fingerprint density at radius 2 is 1.28 bits per heavy atom. The van der Waals surface area contributed by atoms with Gasteiger partial charge in [-0.2, -0.15) is 10.2 Å². The van der Waals surface area contributed by atoms with Crippen LogP contribution in [0.25, 0.3) is 11.3 Å². The minimum atomic E-state index is -0.997. The van der Waals surface area contributed by atoms with Gasteiger partial charge in [-0.05, 0) is 124 Å². The van der Waals surface area contributed by atoms with Crippen LogP contribution >= 0.6 is 0 Å². The molecule has 0 bridgehead atoms. The first-order valence-electron chi connectivity index (χ1n) is 26.3. The maximum atomic E-state index is 13.5. The molecule has 4 saturated heterocycles. The fraction of sp³-hybridized carbons (Fsp3) is 0.667. The average Bonchev–Trinajstić information content (AvgIpc) is 4.20. The number of hydrogen-bond donors (Lipinski definition) is 6. The van der Waals surface area contributed by atoms with Crippen molar-refractivity contribution in [3.63, 3.8) is 0 Å². The Morgan fingerprint density at radius 1 is 0.716 bits per heavy atom. The van der Waals surface area contributed by atoms with E-state index in [1.165, 1.54) is 27.1 Å². The van der Waals surface area contributed by atoms with Crippen LogP contribution in [0.15, 0.2) is 24.5 Å². The number of fused-ring (bicyclic) bond motifs is 2. The Bertz CT molecular complexity index is 2640. The number of carbonyl (C=O) groups excluding carboxylic acids is 4. The molecule has 4 aromatic rings. The Balaban J connectivity index is 0.000000163. The summed E-state index contributed by atoms with van der Waals surface area (Å²) in [7, 11) is 2.53. The number of methoxy groups -OCH3 is 2. The molecule has 4 aliphatic heterocycles. The molecule has 0 spiro atoms. The number of nitrogens with one attached hydrogen (secondary N) is 4. The molecule has 2 aliphatic carbocycles. The number of carboxylic acids is 1. The SMILES string of the molecule is COC(=O)N[C@H](C(=O)N1CCCC[C@H]1c1cc2nc(N3CC[C@H](N)C3)c(C)cn2n1)C1CC1.COC(=O)N[C@H](C(=O)O)C1CC1.Cc1cn2nc([C@@H]3CCCCN3)cc2nc1N1CC[C@H](NC(=O)OC(C)(C)C)C1. The smallest absolute Gasteiger partial charge is 0.407 e. The fourth-order valence-electron chi connectivity index (χ4n) is 10.3. The van der Waals surface area contributed by atoms with Crippen molar-refractivity contribution in [3.05, 3.63) is 47.0 Å². The van der Waals surface area contributed by atoms with E-state index in [2.05, 4.69) is 55.0 Å². The minimum Gasteiger partial charge on any atom is -0.480 e. The lowest BCUT2D eigenvalue weighted by Crippen LogP contribution is -2.52. The number of nitrogens with zero attached hydrogens (tertiary/aromatic N) is 9. The number of rotatable bonds is 11. The highest BCUT2D eigenvalue weighted by atomic mass is 16.6. The summed E-state index contributed by atoms with van der Waals surface area (Å²) in [5.41, 5.74) is 11.3. The molecule has 4 aromatic heterocycles. The number of amides is 4. The van der Waals surface area contributed by atoms with Crippen LogP contribution in [0.2, 0.25) is 0 Å². The number of nitrogens with two attached hydrogens (primary N) is 1. The van der Waals surface area contributed by atoms with Gasteiger partial charge in [0.25, 0.3) is 0 Å². The van der Waals surface area contributed by atoms with Crippen LogP contribution in [0, 0.1) is 25.7 Å². The number of aryl methyl sites for hydroxylation is 2. The summed E-state index contributed by atoms with van der Waals surface area (Å²) in [5, 5.41) is 29.8. The third-order valence-corrected chi connectivity index (χ3v) is 14.4. The number of carboxylic acid groups (broad SMARTS) is 1. The Labute approximate surface area is 432 Å². The number of likely N-dealkylation sites (tertiary alicyclic amines) is 1. The van der Waals surface area contributed by atoms with Crippen molar-refractivity contribution in [1.82, 2.24) is 55.4 Å². The van der Waals surface area contributed by atoms with E-state index in [0.717, 1.165) is 142 Å². The number of anilines is 2. The average molecular weight is 1030 g/mol. The lowest BCUT2D eigenvalue weighted by Gasteiger charge is -2.37. The summed E-state index contributed by atoms with van der Waals surface area (Å²) in [6, 6.07) is 3.21. The molecule has 404 valence electrons. The van der Waals surface area contributed by atoms with Crippen LogP contribution in [0.1, 0.15) is 132 Å². The van der Waals surface area contributed by atoms with Crippen molar-refractivity contribution in [2.24, 2.45) is 17.6 Å². The summed E-state index contributed by atoms with van der Waals surface area (Å²) in [6.07, 6.45) is 14.3. The fourth-order valence-corrected chi connectivity index (χ4v) is 10.3. The predicted octanol–water partition coefficient (Wildman–Crippen LogP) is 4.92. The summed E-state index contributed by atoms with van der Waals surface area (Å²) in [6.45, 7) is 14.8. The highest BCUT2D eigenvalue weighted by Gasteiger charge is 2.43. The third-order valence-electron chi connectivity index (χ3n) is 14.4. The molecule has 23 nitrogen and oxygen atoms in total. The monoisotopic (exact) mass is 1030 g/mol. The van der Waals surface area contributed by atoms with Crippen LogP contribution in [-0.4, -0.2) is 153 Å². The van der Waals surface area contributed by atoms with Crippen LogP contribution in [0.5, 0.6) is 0 Å². The van der Waals surface area contributed by atoms with Gasteiger partial charge >= 0.3 is 24.2 Å². The minimum absolute atomic E-state index is 0.0412. The van der Waals surface area contributed by atoms with Crippen molar-refractivity contribution in [2.45, 2.75) is 154 Å². The molecule has 7 N–H and O–H groups in total. The number of alkyl carbamates (subject to hydrolysis) is 3. The number of aromatic nitrogens is 6. The highest BCUT2D eigenvalue weighted by molar-refractivity contribution is 5.87. The van der Waals surface area contributed by atoms with E-state index in [4.69, 9.17) is 40.5 Å². The van der Waals surface area contributed by atoms with Crippen LogP contribution in [0.4, 0.5) is 26.0 Å². The van der Waals surface area contributed by atoms with E-state index in [0.29, 0.717) is 12.6 Å². The van der Waals surface area contributed by atoms with Gasteiger partial charge in [0.05, 0.1) is 43.7 Å². The molecule has 8 heterocycles. The first kappa shape index (κ1) is 53.8. The van der Waals surface area contributed by atoms with Gasteiger partial charge in [-0.3, -0.25) is 4.79 Å². The molecule has 6 aliphatic rings. The van der Waals surface area contributed by atoms with Crippen molar-refractivity contribution in [1.29, 1.82) is 0 Å². The van der Waals surface area contributed by atoms with Crippen LogP contribution < -0.4 is 36.8 Å². The summed E-state index contributed by atoms with van der Waals surface area (Å²) in [4.78, 5) is 74.9. The predicted molar refractivity (Wildman–Crippen MR) is 275 cm³/mol. The molecule has 74 heavy (non-hydrogen) atoms. The lowest BCUT2D eigenvalue weighted by atomic mass is 9.97. The Hall–Kier alpha value is -6.49. The second-order valence-electron chi connectivity index (χ2n) is 21.6. The Kier molecular flexibility index (Phi) is 17.0. The highest BCUT2D eigenvalue weighted by Crippen LogP contribution is 2.38. The number of hydrogen-bond acceptors (Lipinski definition) is 16. The molecule has 0 aromatic carbocycles. The van der Waals surface area contributed by atoms with Crippen LogP contribution in [-0.2, 0) is 23.8 Å². The normalized spacial score (nSPS) is 22.7. The maximum absolute atomic E-state index is 13.5. The van der Waals surface area contributed by atoms with E-state index < -0.39 is 35.8 Å². The standard InChI is InChI=1S/C23H33N7O3.C21H32N6O2.C7H11NO4/c1-14-12-30-19(25-21(14)28-10-8-16(24)13-28)11-17(27-30)18-5-3-4-9-29(18)22(31)20(15-6-7-15)26-23(32)33-2;1-14-12-27-18(11-17(25-27)16-7-5-6-9-22-16)24-19(14)26-10-8-15(13-26)23-20(28)29-21(2,3)4;1-12-7(11)8-5(6(9)10)4-2-3-4/h11-12,15-16,18,20H,3-10,13,24H2,1-2H3,(H,26,32);11-12,15-16,22H,5-10,13H2,1-4H3,(H,23,28);4-5H,2-3H2,1H3,(H,8,11)(H,9,10)/t16-,18-,20-;15-,16-;5-/m000/s1. The van der Waals surface area contributed by atoms with Gasteiger partial charge in [0.1, 0.15) is 29.3 Å². The Morgan fingerprint density at radius 3 is 1.84 bits per heavy atom. The molecule has 6 atom stereocenters. The quantitative estimate of drug-likeness (QED) is 0.109. The number of aliphatic carboxylic acids is 1. The molecule has 6 fully saturated rings. The van der Waals surface area contributed by atoms with Crippen molar-refractivity contribution in [3.8, 4) is 0 Å². The molecular weight excluding hydrogens is 953 g/mol. The van der Waals surface area contributed by atoms with Gasteiger partial charge in [-0.1, -0.05) is 6.42 Å². The molecule has 0 unspecified atom stereocenters. The van der Waals surface area contributed by atoms with E-state index in [1.54, 1.807) is 0 Å². The second kappa shape index (κ2) is 23.4. The van der Waals surface area contributed by atoms with E-state index in [1.807, 2.05) is 53.9 Å². The summed E-state index contributed by atoms with van der Waals surface area (Å²) >= 11 is 0. The molecule has 10 rings (SSSR count). The zero-order chi connectivity index (χ0) is 52.8. The molecular formula is C51H76N14O9. The van der Waals surface area contributed by atoms with E-state index >= 15 is 0 Å². The summed E-state index contributed by atoms with van der Waals surface area (Å²) in [5.74, 6) is 1.15. The number of ether oxygens (including phenoxy) is 3. The van der Waals surface area contributed by atoms with Gasteiger partial charge in [-0.15, -0.1) is 0 Å². The zero-order valence-corrected chi connectivity index (χ0v) is 44.0. The van der Waals surface area contributed by atoms with Gasteiger partial charge in [0, 0.05) is 74.4 Å². The van der Waals surface area contributed by atoms with E-state index in [-0.39, 0.29) is 42.0 Å². The summed E-state index contributed by atoms with van der Waals surface area (Å²) < 4.78 is 18.1. The largest absolute Gasteiger partial charge is 0.480 e. The number of carbonyl (C=O) groups is 5. The molecule has 2 saturated carbocycles. The second-order valence-corrected chi connectivity index (χ2v) is 21.6. The van der Waals surface area contributed by atoms with Gasteiger partial charge in [0.15, 0.2) is 11.3 Å².